The Bertz CT molecular complexity index is 574. The maximum Gasteiger partial charge on any atom is 0.348 e. The lowest BCUT2D eigenvalue weighted by molar-refractivity contribution is -0.127. The van der Waals surface area contributed by atoms with Crippen LogP contribution in [0.15, 0.2) is 6.07 Å². The number of ether oxygens (including phenoxy) is 1. The van der Waals surface area contributed by atoms with Gasteiger partial charge in [-0.25, -0.2) is 4.79 Å². The Balaban J connectivity index is 1.74. The molecule has 1 aromatic rings. The molecule has 24 heavy (non-hydrogen) atoms. The van der Waals surface area contributed by atoms with Gasteiger partial charge in [0.25, 0.3) is 5.91 Å². The van der Waals surface area contributed by atoms with Crippen molar-refractivity contribution in [2.24, 2.45) is 0 Å². The first-order valence-corrected chi connectivity index (χ1v) is 9.24. The molecule has 0 fully saturated rings. The summed E-state index contributed by atoms with van der Waals surface area (Å²) in [7, 11) is 0. The SMILES string of the molecule is CCCNC(=O)CNC(=O)COC(=O)c1cc2c(s1)CCCCC2. The highest BCUT2D eigenvalue weighted by Crippen LogP contribution is 2.29. The van der Waals surface area contributed by atoms with Crippen molar-refractivity contribution in [2.75, 3.05) is 19.7 Å². The summed E-state index contributed by atoms with van der Waals surface area (Å²) >= 11 is 1.47. The molecule has 6 nitrogen and oxygen atoms in total. The fourth-order valence-electron chi connectivity index (χ4n) is 2.53. The number of thiophene rings is 1. The van der Waals surface area contributed by atoms with Crippen molar-refractivity contribution in [1.29, 1.82) is 0 Å². The Morgan fingerprint density at radius 3 is 2.71 bits per heavy atom. The number of rotatable bonds is 7. The van der Waals surface area contributed by atoms with Crippen molar-refractivity contribution in [2.45, 2.75) is 45.4 Å². The van der Waals surface area contributed by atoms with E-state index in [9.17, 15) is 14.4 Å². The Labute approximate surface area is 146 Å². The van der Waals surface area contributed by atoms with E-state index in [1.54, 1.807) is 0 Å². The lowest BCUT2D eigenvalue weighted by Gasteiger charge is -2.06. The first kappa shape index (κ1) is 18.4. The summed E-state index contributed by atoms with van der Waals surface area (Å²) in [5, 5.41) is 5.08. The topological polar surface area (TPSA) is 84.5 Å². The molecule has 1 aliphatic rings. The second kappa shape index (κ2) is 9.42. The normalized spacial score (nSPS) is 13.5. The van der Waals surface area contributed by atoms with Gasteiger partial charge in [-0.1, -0.05) is 13.3 Å². The molecule has 0 spiro atoms. The summed E-state index contributed by atoms with van der Waals surface area (Å²) in [4.78, 5) is 36.9. The smallest absolute Gasteiger partial charge is 0.348 e. The molecule has 2 amide bonds. The molecule has 0 radical (unpaired) electrons. The van der Waals surface area contributed by atoms with E-state index >= 15 is 0 Å². The van der Waals surface area contributed by atoms with Crippen molar-refractivity contribution in [3.05, 3.63) is 21.4 Å². The predicted molar refractivity (Wildman–Crippen MR) is 92.2 cm³/mol. The number of carbonyl (C=O) groups excluding carboxylic acids is 3. The van der Waals surface area contributed by atoms with Gasteiger partial charge in [-0.15, -0.1) is 11.3 Å². The number of fused-ring (bicyclic) bond motifs is 1. The lowest BCUT2D eigenvalue weighted by Crippen LogP contribution is -2.38. The van der Waals surface area contributed by atoms with Crippen LogP contribution in [0.3, 0.4) is 0 Å². The summed E-state index contributed by atoms with van der Waals surface area (Å²) in [6.45, 7) is 2.04. The molecule has 0 saturated heterocycles. The molecule has 2 N–H and O–H groups in total. The van der Waals surface area contributed by atoms with Crippen molar-refractivity contribution in [3.8, 4) is 0 Å². The lowest BCUT2D eigenvalue weighted by atomic mass is 10.1. The molecule has 7 heteroatoms. The molecule has 0 bridgehead atoms. The maximum absolute atomic E-state index is 12.1. The van der Waals surface area contributed by atoms with E-state index in [0.717, 1.165) is 32.1 Å². The van der Waals surface area contributed by atoms with E-state index < -0.39 is 11.9 Å². The van der Waals surface area contributed by atoms with Crippen LogP contribution in [0.2, 0.25) is 0 Å². The highest BCUT2D eigenvalue weighted by atomic mass is 32.1. The summed E-state index contributed by atoms with van der Waals surface area (Å²) in [5.74, 6) is -1.20. The Kier molecular flexibility index (Phi) is 7.24. The molecule has 0 saturated carbocycles. The second-order valence-electron chi connectivity index (χ2n) is 5.82. The van der Waals surface area contributed by atoms with Gasteiger partial charge >= 0.3 is 5.97 Å². The van der Waals surface area contributed by atoms with Gasteiger partial charge in [-0.2, -0.15) is 0 Å². The fourth-order valence-corrected chi connectivity index (χ4v) is 3.67. The van der Waals surface area contributed by atoms with Crippen LogP contribution in [0.4, 0.5) is 0 Å². The molecule has 0 atom stereocenters. The zero-order valence-corrected chi connectivity index (χ0v) is 14.8. The maximum atomic E-state index is 12.1. The van der Waals surface area contributed by atoms with Gasteiger partial charge in [-0.05, 0) is 43.7 Å². The molecule has 2 rings (SSSR count). The average molecular weight is 352 g/mol. The minimum absolute atomic E-state index is 0.107. The van der Waals surface area contributed by atoms with Crippen LogP contribution in [0.5, 0.6) is 0 Å². The minimum Gasteiger partial charge on any atom is -0.451 e. The summed E-state index contributed by atoms with van der Waals surface area (Å²) in [6.07, 6.45) is 6.40. The second-order valence-corrected chi connectivity index (χ2v) is 6.96. The van der Waals surface area contributed by atoms with E-state index in [1.165, 1.54) is 28.2 Å². The fraction of sp³-hybridized carbons (Fsp3) is 0.588. The van der Waals surface area contributed by atoms with Gasteiger partial charge in [0.15, 0.2) is 6.61 Å². The Morgan fingerprint density at radius 2 is 1.92 bits per heavy atom. The van der Waals surface area contributed by atoms with Crippen molar-refractivity contribution < 1.29 is 19.1 Å². The highest BCUT2D eigenvalue weighted by Gasteiger charge is 2.18. The summed E-state index contributed by atoms with van der Waals surface area (Å²) < 4.78 is 5.04. The molecule has 0 unspecified atom stereocenters. The zero-order chi connectivity index (χ0) is 17.4. The molecular formula is C17H24N2O4S. The van der Waals surface area contributed by atoms with Crippen LogP contribution >= 0.6 is 11.3 Å². The first-order chi connectivity index (χ1) is 11.6. The number of amides is 2. The van der Waals surface area contributed by atoms with Crippen LogP contribution in [0.1, 0.15) is 52.7 Å². The van der Waals surface area contributed by atoms with E-state index in [4.69, 9.17) is 4.74 Å². The van der Waals surface area contributed by atoms with Crippen molar-refractivity contribution in [1.82, 2.24) is 10.6 Å². The first-order valence-electron chi connectivity index (χ1n) is 8.42. The summed E-state index contributed by atoms with van der Waals surface area (Å²) in [5.41, 5.74) is 1.24. The predicted octanol–water partition coefficient (Wildman–Crippen LogP) is 1.82. The van der Waals surface area contributed by atoms with Crippen molar-refractivity contribution in [3.63, 3.8) is 0 Å². The van der Waals surface area contributed by atoms with Crippen LogP contribution in [-0.2, 0) is 27.2 Å². The van der Waals surface area contributed by atoms with Crippen LogP contribution in [-0.4, -0.2) is 37.5 Å². The van der Waals surface area contributed by atoms with Gasteiger partial charge in [-0.3, -0.25) is 9.59 Å². The van der Waals surface area contributed by atoms with Crippen LogP contribution < -0.4 is 10.6 Å². The number of carbonyl (C=O) groups is 3. The molecule has 0 aromatic carbocycles. The number of hydrogen-bond acceptors (Lipinski definition) is 5. The number of hydrogen-bond donors (Lipinski definition) is 2. The quantitative estimate of drug-likeness (QED) is 0.579. The van der Waals surface area contributed by atoms with Gasteiger partial charge < -0.3 is 15.4 Å². The molecule has 1 aromatic heterocycles. The molecule has 0 aliphatic heterocycles. The molecular weight excluding hydrogens is 328 g/mol. The van der Waals surface area contributed by atoms with E-state index in [2.05, 4.69) is 10.6 Å². The van der Waals surface area contributed by atoms with E-state index in [-0.39, 0.29) is 19.1 Å². The molecule has 1 aliphatic carbocycles. The third kappa shape index (κ3) is 5.63. The van der Waals surface area contributed by atoms with Crippen molar-refractivity contribution >= 4 is 29.1 Å². The third-order valence-electron chi connectivity index (χ3n) is 3.80. The van der Waals surface area contributed by atoms with Gasteiger partial charge in [0.2, 0.25) is 5.91 Å². The minimum atomic E-state index is -0.479. The Morgan fingerprint density at radius 1 is 1.12 bits per heavy atom. The number of esters is 1. The van der Waals surface area contributed by atoms with Gasteiger partial charge in [0.1, 0.15) is 4.88 Å². The summed E-state index contributed by atoms with van der Waals surface area (Å²) in [6, 6.07) is 1.89. The third-order valence-corrected chi connectivity index (χ3v) is 5.02. The largest absolute Gasteiger partial charge is 0.451 e. The van der Waals surface area contributed by atoms with E-state index in [0.29, 0.717) is 11.4 Å². The number of nitrogens with one attached hydrogen (secondary N) is 2. The van der Waals surface area contributed by atoms with E-state index in [1.807, 2.05) is 13.0 Å². The Hall–Kier alpha value is -1.89. The highest BCUT2D eigenvalue weighted by molar-refractivity contribution is 7.14. The number of aryl methyl sites for hydroxylation is 2. The molecule has 1 heterocycles. The van der Waals surface area contributed by atoms with Gasteiger partial charge in [0, 0.05) is 11.4 Å². The standard InChI is InChI=1S/C17H24N2O4S/c1-2-8-18-15(20)10-19-16(21)11-23-17(22)14-9-12-6-4-3-5-7-13(12)24-14/h9H,2-8,10-11H2,1H3,(H,18,20)(H,19,21). The monoisotopic (exact) mass is 352 g/mol. The van der Waals surface area contributed by atoms with Crippen LogP contribution in [0.25, 0.3) is 0 Å². The van der Waals surface area contributed by atoms with Crippen LogP contribution in [0, 0.1) is 0 Å². The average Bonchev–Trinajstić information content (AvgIpc) is 2.86. The zero-order valence-electron chi connectivity index (χ0n) is 14.0. The van der Waals surface area contributed by atoms with Gasteiger partial charge in [0.05, 0.1) is 6.54 Å². The molecule has 132 valence electrons.